The van der Waals surface area contributed by atoms with Crippen molar-refractivity contribution in [2.45, 2.75) is 31.2 Å². The van der Waals surface area contributed by atoms with Crippen molar-refractivity contribution in [1.82, 2.24) is 9.62 Å². The summed E-state index contributed by atoms with van der Waals surface area (Å²) in [7, 11) is -3.78. The third-order valence-electron chi connectivity index (χ3n) is 5.10. The fraction of sp³-hybridized carbons (Fsp3) is 0.400. The van der Waals surface area contributed by atoms with Crippen LogP contribution in [0.5, 0.6) is 0 Å². The molecule has 2 aromatic carbocycles. The Morgan fingerprint density at radius 1 is 1.21 bits per heavy atom. The number of hydrogen-bond acceptors (Lipinski definition) is 5. The Bertz CT molecular complexity index is 932. The Kier molecular flexibility index (Phi) is 6.43. The van der Waals surface area contributed by atoms with E-state index in [1.807, 2.05) is 18.2 Å². The number of piperidine rings is 1. The molecule has 1 unspecified atom stereocenters. The lowest BCUT2D eigenvalue weighted by Crippen LogP contribution is -2.40. The second kappa shape index (κ2) is 8.81. The van der Waals surface area contributed by atoms with Crippen LogP contribution in [-0.4, -0.2) is 37.9 Å². The highest BCUT2D eigenvalue weighted by Crippen LogP contribution is 2.23. The molecule has 0 spiro atoms. The largest absolute Gasteiger partial charge is 0.299 e. The van der Waals surface area contributed by atoms with Crippen LogP contribution in [0.4, 0.5) is 5.69 Å². The number of hydrogen-bond donors (Lipinski definition) is 1. The number of nitrogens with zero attached hydrogens (tertiary/aromatic N) is 2. The van der Waals surface area contributed by atoms with Gasteiger partial charge in [-0.1, -0.05) is 36.4 Å². The topological polar surface area (TPSA) is 92.6 Å². The summed E-state index contributed by atoms with van der Waals surface area (Å²) in [5.74, 6) is 0.215. The molecule has 150 valence electrons. The molecule has 1 heterocycles. The minimum atomic E-state index is -3.78. The lowest BCUT2D eigenvalue weighted by Gasteiger charge is -2.32. The molecule has 28 heavy (non-hydrogen) atoms. The smallest absolute Gasteiger partial charge is 0.273 e. The number of rotatable bonds is 7. The molecule has 0 saturated carbocycles. The summed E-state index contributed by atoms with van der Waals surface area (Å²) in [5, 5.41) is 11.1. The summed E-state index contributed by atoms with van der Waals surface area (Å²) in [5.41, 5.74) is 1.50. The van der Waals surface area contributed by atoms with Crippen molar-refractivity contribution in [2.24, 2.45) is 5.92 Å². The number of nitro benzene ring substituents is 1. The van der Waals surface area contributed by atoms with Crippen molar-refractivity contribution >= 4 is 15.7 Å². The SMILES string of the molecule is Cc1ccc(S(=O)(=O)NCC2CCCN(Cc3ccccc3)C2)cc1[N+](=O)[O-]. The average Bonchev–Trinajstić information content (AvgIpc) is 2.67. The summed E-state index contributed by atoms with van der Waals surface area (Å²) in [6.45, 7) is 4.60. The highest BCUT2D eigenvalue weighted by Gasteiger charge is 2.24. The Hall–Kier alpha value is -2.29. The van der Waals surface area contributed by atoms with E-state index >= 15 is 0 Å². The van der Waals surface area contributed by atoms with Crippen LogP contribution in [0, 0.1) is 23.0 Å². The lowest BCUT2D eigenvalue weighted by molar-refractivity contribution is -0.385. The third-order valence-corrected chi connectivity index (χ3v) is 6.52. The highest BCUT2D eigenvalue weighted by atomic mass is 32.2. The van der Waals surface area contributed by atoms with Crippen LogP contribution in [-0.2, 0) is 16.6 Å². The minimum Gasteiger partial charge on any atom is -0.299 e. The number of nitrogens with one attached hydrogen (secondary N) is 1. The summed E-state index contributed by atoms with van der Waals surface area (Å²) in [6.07, 6.45) is 1.98. The van der Waals surface area contributed by atoms with Crippen molar-refractivity contribution in [3.05, 3.63) is 69.8 Å². The van der Waals surface area contributed by atoms with Crippen LogP contribution >= 0.6 is 0 Å². The normalized spacial score (nSPS) is 18.1. The Balaban J connectivity index is 1.61. The van der Waals surface area contributed by atoms with Crippen LogP contribution in [0.1, 0.15) is 24.0 Å². The number of nitro groups is 1. The second-order valence-corrected chi connectivity index (χ2v) is 9.05. The molecule has 7 nitrogen and oxygen atoms in total. The first-order valence-corrected chi connectivity index (χ1v) is 10.8. The molecule has 1 N–H and O–H groups in total. The van der Waals surface area contributed by atoms with E-state index in [1.54, 1.807) is 6.92 Å². The predicted molar refractivity (Wildman–Crippen MR) is 107 cm³/mol. The molecule has 1 saturated heterocycles. The molecule has 0 aromatic heterocycles. The summed E-state index contributed by atoms with van der Waals surface area (Å²) in [4.78, 5) is 12.8. The van der Waals surface area contributed by atoms with E-state index < -0.39 is 14.9 Å². The number of aryl methyl sites for hydroxylation is 1. The van der Waals surface area contributed by atoms with E-state index in [9.17, 15) is 18.5 Å². The van der Waals surface area contributed by atoms with Crippen molar-refractivity contribution in [3.8, 4) is 0 Å². The molecular formula is C20H25N3O4S. The predicted octanol–water partition coefficient (Wildman–Crippen LogP) is 3.09. The molecule has 3 rings (SSSR count). The first-order chi connectivity index (χ1) is 13.3. The summed E-state index contributed by atoms with van der Waals surface area (Å²) in [6, 6.07) is 14.2. The molecule has 0 radical (unpaired) electrons. The zero-order chi connectivity index (χ0) is 20.1. The van der Waals surface area contributed by atoms with Gasteiger partial charge in [0, 0.05) is 31.3 Å². The number of likely N-dealkylation sites (tertiary alicyclic amines) is 1. The maximum Gasteiger partial charge on any atom is 0.273 e. The maximum absolute atomic E-state index is 12.6. The quantitative estimate of drug-likeness (QED) is 0.566. The van der Waals surface area contributed by atoms with E-state index in [1.165, 1.54) is 17.7 Å². The highest BCUT2D eigenvalue weighted by molar-refractivity contribution is 7.89. The molecule has 1 atom stereocenters. The van der Waals surface area contributed by atoms with Gasteiger partial charge in [0.2, 0.25) is 10.0 Å². The average molecular weight is 404 g/mol. The zero-order valence-electron chi connectivity index (χ0n) is 15.9. The van der Waals surface area contributed by atoms with E-state index in [-0.39, 0.29) is 16.5 Å². The minimum absolute atomic E-state index is 0.0678. The molecule has 2 aromatic rings. The Morgan fingerprint density at radius 2 is 1.96 bits per heavy atom. The van der Waals surface area contributed by atoms with Gasteiger partial charge in [-0.05, 0) is 43.9 Å². The van der Waals surface area contributed by atoms with Gasteiger partial charge < -0.3 is 0 Å². The van der Waals surface area contributed by atoms with Crippen LogP contribution in [0.25, 0.3) is 0 Å². The standard InChI is InChI=1S/C20H25N3O4S/c1-16-9-10-19(12-20(16)23(24)25)28(26,27)21-13-18-8-5-11-22(15-18)14-17-6-3-2-4-7-17/h2-4,6-7,9-10,12,18,21H,5,8,11,13-15H2,1H3. The Labute approximate surface area is 165 Å². The number of sulfonamides is 1. The van der Waals surface area contributed by atoms with Crippen molar-refractivity contribution in [2.75, 3.05) is 19.6 Å². The van der Waals surface area contributed by atoms with Crippen LogP contribution in [0.3, 0.4) is 0 Å². The van der Waals surface area contributed by atoms with E-state index in [4.69, 9.17) is 0 Å². The first kappa shape index (κ1) is 20.4. The molecule has 0 amide bonds. The molecule has 1 aliphatic rings. The maximum atomic E-state index is 12.6. The lowest BCUT2D eigenvalue weighted by atomic mass is 9.98. The fourth-order valence-electron chi connectivity index (χ4n) is 3.57. The van der Waals surface area contributed by atoms with Gasteiger partial charge in [0.1, 0.15) is 0 Å². The summed E-state index contributed by atoms with van der Waals surface area (Å²) >= 11 is 0. The van der Waals surface area contributed by atoms with Crippen molar-refractivity contribution in [3.63, 3.8) is 0 Å². The fourth-order valence-corrected chi connectivity index (χ4v) is 4.70. The van der Waals surface area contributed by atoms with Gasteiger partial charge in [0.15, 0.2) is 0 Å². The second-order valence-electron chi connectivity index (χ2n) is 7.29. The van der Waals surface area contributed by atoms with Gasteiger partial charge in [-0.15, -0.1) is 0 Å². The first-order valence-electron chi connectivity index (χ1n) is 9.36. The van der Waals surface area contributed by atoms with Gasteiger partial charge in [0.05, 0.1) is 9.82 Å². The van der Waals surface area contributed by atoms with E-state index in [0.717, 1.165) is 38.5 Å². The van der Waals surface area contributed by atoms with Gasteiger partial charge in [-0.25, -0.2) is 13.1 Å². The zero-order valence-corrected chi connectivity index (χ0v) is 16.7. The van der Waals surface area contributed by atoms with E-state index in [0.29, 0.717) is 12.1 Å². The molecule has 0 aliphatic carbocycles. The van der Waals surface area contributed by atoms with Crippen LogP contribution in [0.2, 0.25) is 0 Å². The van der Waals surface area contributed by atoms with Crippen LogP contribution < -0.4 is 4.72 Å². The van der Waals surface area contributed by atoms with Crippen LogP contribution in [0.15, 0.2) is 53.4 Å². The monoisotopic (exact) mass is 403 g/mol. The van der Waals surface area contributed by atoms with Gasteiger partial charge >= 0.3 is 0 Å². The Morgan fingerprint density at radius 3 is 2.68 bits per heavy atom. The summed E-state index contributed by atoms with van der Waals surface area (Å²) < 4.78 is 27.8. The molecule has 1 fully saturated rings. The van der Waals surface area contributed by atoms with Gasteiger partial charge in [-0.3, -0.25) is 15.0 Å². The molecule has 8 heteroatoms. The van der Waals surface area contributed by atoms with Crippen molar-refractivity contribution < 1.29 is 13.3 Å². The molecular weight excluding hydrogens is 378 g/mol. The molecule has 1 aliphatic heterocycles. The number of benzene rings is 2. The van der Waals surface area contributed by atoms with Gasteiger partial charge in [0.25, 0.3) is 5.69 Å². The molecule has 0 bridgehead atoms. The third kappa shape index (κ3) is 5.15. The van der Waals surface area contributed by atoms with Crippen molar-refractivity contribution in [1.29, 1.82) is 0 Å². The van der Waals surface area contributed by atoms with Gasteiger partial charge in [-0.2, -0.15) is 0 Å². The van der Waals surface area contributed by atoms with E-state index in [2.05, 4.69) is 21.8 Å².